The maximum Gasteiger partial charge on any atom is 0.251 e. The standard InChI is InChI=1S/C14H22N2O4S/c1-9(2)4-12(8-17)16-14(18)10-5-11(15)7-13(6-10)21(3,19)20/h5-7,9,12,17H,4,8,15H2,1-3H3,(H,16,18). The number of hydrogen-bond acceptors (Lipinski definition) is 5. The Morgan fingerprint density at radius 1 is 1.33 bits per heavy atom. The Labute approximate surface area is 125 Å². The van der Waals surface area contributed by atoms with Crippen LogP contribution < -0.4 is 11.1 Å². The number of rotatable bonds is 6. The van der Waals surface area contributed by atoms with Crippen LogP contribution in [0, 0.1) is 5.92 Å². The highest BCUT2D eigenvalue weighted by molar-refractivity contribution is 7.90. The van der Waals surface area contributed by atoms with E-state index in [-0.39, 0.29) is 28.8 Å². The summed E-state index contributed by atoms with van der Waals surface area (Å²) in [6.45, 7) is 3.79. The molecule has 0 heterocycles. The first-order valence-corrected chi connectivity index (χ1v) is 8.55. The molecule has 0 aliphatic carbocycles. The first-order chi connectivity index (χ1) is 9.63. The van der Waals surface area contributed by atoms with Crippen LogP contribution >= 0.6 is 0 Å². The van der Waals surface area contributed by atoms with E-state index >= 15 is 0 Å². The zero-order valence-corrected chi connectivity index (χ0v) is 13.3. The van der Waals surface area contributed by atoms with Gasteiger partial charge in [-0.3, -0.25) is 4.79 Å². The fourth-order valence-electron chi connectivity index (χ4n) is 1.98. The van der Waals surface area contributed by atoms with Crippen molar-refractivity contribution in [3.63, 3.8) is 0 Å². The number of nitrogen functional groups attached to an aromatic ring is 1. The number of carbonyl (C=O) groups excluding carboxylic acids is 1. The third-order valence-corrected chi connectivity index (χ3v) is 4.02. The molecule has 6 nitrogen and oxygen atoms in total. The van der Waals surface area contributed by atoms with Crippen LogP contribution in [0.5, 0.6) is 0 Å². The van der Waals surface area contributed by atoms with Crippen LogP contribution in [0.2, 0.25) is 0 Å². The van der Waals surface area contributed by atoms with Crippen molar-refractivity contribution in [2.24, 2.45) is 5.92 Å². The van der Waals surface area contributed by atoms with E-state index in [0.717, 1.165) is 6.26 Å². The summed E-state index contributed by atoms with van der Waals surface area (Å²) < 4.78 is 23.1. The van der Waals surface area contributed by atoms with E-state index in [1.54, 1.807) is 0 Å². The molecule has 1 unspecified atom stereocenters. The van der Waals surface area contributed by atoms with Crippen molar-refractivity contribution in [2.75, 3.05) is 18.6 Å². The summed E-state index contributed by atoms with van der Waals surface area (Å²) in [4.78, 5) is 12.2. The van der Waals surface area contributed by atoms with Gasteiger partial charge in [0.25, 0.3) is 5.91 Å². The topological polar surface area (TPSA) is 109 Å². The highest BCUT2D eigenvalue weighted by Crippen LogP contribution is 2.17. The molecule has 7 heteroatoms. The Kier molecular flexibility index (Phi) is 5.74. The van der Waals surface area contributed by atoms with Crippen molar-refractivity contribution in [3.8, 4) is 0 Å². The van der Waals surface area contributed by atoms with Crippen LogP contribution in [0.1, 0.15) is 30.6 Å². The highest BCUT2D eigenvalue weighted by atomic mass is 32.2. The number of carbonyl (C=O) groups is 1. The van der Waals surface area contributed by atoms with Gasteiger partial charge in [0.1, 0.15) is 0 Å². The van der Waals surface area contributed by atoms with Gasteiger partial charge in [0.05, 0.1) is 17.5 Å². The maximum atomic E-state index is 12.2. The van der Waals surface area contributed by atoms with Crippen molar-refractivity contribution < 1.29 is 18.3 Å². The monoisotopic (exact) mass is 314 g/mol. The molecule has 1 atom stereocenters. The second kappa shape index (κ2) is 6.91. The molecule has 0 radical (unpaired) electrons. The van der Waals surface area contributed by atoms with Gasteiger partial charge in [-0.2, -0.15) is 0 Å². The minimum absolute atomic E-state index is 0.00272. The molecule has 1 rings (SSSR count). The zero-order valence-electron chi connectivity index (χ0n) is 12.5. The lowest BCUT2D eigenvalue weighted by Crippen LogP contribution is -2.38. The van der Waals surface area contributed by atoms with E-state index in [1.165, 1.54) is 18.2 Å². The van der Waals surface area contributed by atoms with E-state index in [2.05, 4.69) is 5.32 Å². The molecule has 0 aromatic heterocycles. The van der Waals surface area contributed by atoms with Gasteiger partial charge in [-0.1, -0.05) is 13.8 Å². The Morgan fingerprint density at radius 3 is 2.43 bits per heavy atom. The van der Waals surface area contributed by atoms with Crippen LogP contribution in [0.4, 0.5) is 5.69 Å². The Hall–Kier alpha value is -1.60. The highest BCUT2D eigenvalue weighted by Gasteiger charge is 2.17. The quantitative estimate of drug-likeness (QED) is 0.673. The van der Waals surface area contributed by atoms with Gasteiger partial charge in [0.15, 0.2) is 9.84 Å². The number of nitrogens with one attached hydrogen (secondary N) is 1. The fraction of sp³-hybridized carbons (Fsp3) is 0.500. The molecule has 0 spiro atoms. The molecule has 0 saturated carbocycles. The van der Waals surface area contributed by atoms with Crippen LogP contribution in [0.3, 0.4) is 0 Å². The van der Waals surface area contributed by atoms with Crippen LogP contribution in [-0.4, -0.2) is 38.3 Å². The Balaban J connectivity index is 3.00. The molecule has 118 valence electrons. The second-order valence-electron chi connectivity index (χ2n) is 5.55. The summed E-state index contributed by atoms with van der Waals surface area (Å²) in [6, 6.07) is 3.63. The third kappa shape index (κ3) is 5.35. The number of amides is 1. The smallest absolute Gasteiger partial charge is 0.251 e. The Morgan fingerprint density at radius 2 is 1.95 bits per heavy atom. The largest absolute Gasteiger partial charge is 0.399 e. The Bertz CT molecular complexity index is 611. The number of nitrogens with two attached hydrogens (primary N) is 1. The van der Waals surface area contributed by atoms with E-state index in [1.807, 2.05) is 13.8 Å². The molecule has 1 amide bonds. The average molecular weight is 314 g/mol. The molecular formula is C14H22N2O4S. The minimum atomic E-state index is -3.44. The molecule has 4 N–H and O–H groups in total. The molecule has 0 fully saturated rings. The molecule has 21 heavy (non-hydrogen) atoms. The third-order valence-electron chi connectivity index (χ3n) is 2.93. The number of sulfone groups is 1. The minimum Gasteiger partial charge on any atom is -0.399 e. The van der Waals surface area contributed by atoms with Crippen molar-refractivity contribution in [1.82, 2.24) is 5.32 Å². The summed E-state index contributed by atoms with van der Waals surface area (Å²) >= 11 is 0. The number of aliphatic hydroxyl groups is 1. The molecule has 1 aromatic rings. The van der Waals surface area contributed by atoms with E-state index in [4.69, 9.17) is 5.73 Å². The molecule has 1 aromatic carbocycles. The summed E-state index contributed by atoms with van der Waals surface area (Å²) in [5.41, 5.74) is 6.01. The second-order valence-corrected chi connectivity index (χ2v) is 7.56. The normalized spacial score (nSPS) is 13.2. The van der Waals surface area contributed by atoms with Gasteiger partial charge >= 0.3 is 0 Å². The van der Waals surface area contributed by atoms with Gasteiger partial charge < -0.3 is 16.2 Å². The first kappa shape index (κ1) is 17.5. The van der Waals surface area contributed by atoms with Crippen LogP contribution in [0.15, 0.2) is 23.1 Å². The zero-order chi connectivity index (χ0) is 16.2. The lowest BCUT2D eigenvalue weighted by molar-refractivity contribution is 0.0908. The lowest BCUT2D eigenvalue weighted by atomic mass is 10.0. The molecule has 0 aliphatic rings. The number of hydrogen-bond donors (Lipinski definition) is 3. The number of benzene rings is 1. The van der Waals surface area contributed by atoms with Crippen molar-refractivity contribution in [1.29, 1.82) is 0 Å². The van der Waals surface area contributed by atoms with Gasteiger partial charge in [0.2, 0.25) is 0 Å². The summed E-state index contributed by atoms with van der Waals surface area (Å²) in [5, 5.41) is 12.0. The van der Waals surface area contributed by atoms with Gasteiger partial charge in [-0.05, 0) is 30.5 Å². The van der Waals surface area contributed by atoms with Crippen molar-refractivity contribution in [2.45, 2.75) is 31.2 Å². The summed E-state index contributed by atoms with van der Waals surface area (Å²) in [5.74, 6) is -0.137. The van der Waals surface area contributed by atoms with Crippen molar-refractivity contribution in [3.05, 3.63) is 23.8 Å². The van der Waals surface area contributed by atoms with Gasteiger partial charge in [-0.25, -0.2) is 8.42 Å². The van der Waals surface area contributed by atoms with Crippen LogP contribution in [-0.2, 0) is 9.84 Å². The molecule has 0 saturated heterocycles. The SMILES string of the molecule is CC(C)CC(CO)NC(=O)c1cc(N)cc(S(C)(=O)=O)c1. The van der Waals surface area contributed by atoms with Crippen LogP contribution in [0.25, 0.3) is 0 Å². The van der Waals surface area contributed by atoms with Gasteiger partial charge in [0, 0.05) is 17.5 Å². The molecular weight excluding hydrogens is 292 g/mol. The first-order valence-electron chi connectivity index (χ1n) is 6.65. The molecule has 0 aliphatic heterocycles. The summed E-state index contributed by atoms with van der Waals surface area (Å²) in [7, 11) is -3.44. The lowest BCUT2D eigenvalue weighted by Gasteiger charge is -2.18. The van der Waals surface area contributed by atoms with E-state index in [9.17, 15) is 18.3 Å². The van der Waals surface area contributed by atoms with Crippen molar-refractivity contribution >= 4 is 21.4 Å². The predicted molar refractivity (Wildman–Crippen MR) is 81.8 cm³/mol. The van der Waals surface area contributed by atoms with Gasteiger partial charge in [-0.15, -0.1) is 0 Å². The van der Waals surface area contributed by atoms with E-state index in [0.29, 0.717) is 12.3 Å². The average Bonchev–Trinajstić information content (AvgIpc) is 2.35. The summed E-state index contributed by atoms with van der Waals surface area (Å²) in [6.07, 6.45) is 1.68. The maximum absolute atomic E-state index is 12.2. The number of anilines is 1. The van der Waals surface area contributed by atoms with E-state index < -0.39 is 15.7 Å². The number of aliphatic hydroxyl groups excluding tert-OH is 1. The molecule has 0 bridgehead atoms. The fourth-order valence-corrected chi connectivity index (χ4v) is 2.68. The predicted octanol–water partition coefficient (Wildman–Crippen LogP) is 0.809.